The lowest BCUT2D eigenvalue weighted by molar-refractivity contribution is 0.289. The van der Waals surface area contributed by atoms with Crippen molar-refractivity contribution < 1.29 is 4.52 Å². The number of rotatable bonds is 3. The van der Waals surface area contributed by atoms with Crippen molar-refractivity contribution in [2.75, 3.05) is 0 Å². The Morgan fingerprint density at radius 2 is 2.15 bits per heavy atom. The van der Waals surface area contributed by atoms with Crippen LogP contribution in [0.15, 0.2) is 28.8 Å². The molecule has 0 saturated heterocycles. The van der Waals surface area contributed by atoms with Gasteiger partial charge in [-0.1, -0.05) is 47.8 Å². The van der Waals surface area contributed by atoms with Crippen LogP contribution in [-0.2, 0) is 6.42 Å². The summed E-state index contributed by atoms with van der Waals surface area (Å²) < 4.78 is 5.44. The van der Waals surface area contributed by atoms with Gasteiger partial charge in [0.05, 0.1) is 5.92 Å². The van der Waals surface area contributed by atoms with Crippen molar-refractivity contribution in [2.45, 2.75) is 51.0 Å². The van der Waals surface area contributed by atoms with Crippen molar-refractivity contribution in [2.24, 2.45) is 5.73 Å². The van der Waals surface area contributed by atoms with Crippen LogP contribution in [0.1, 0.15) is 54.4 Å². The Hall–Kier alpha value is -1.68. The van der Waals surface area contributed by atoms with Crippen LogP contribution in [0.5, 0.6) is 0 Å². The topological polar surface area (TPSA) is 64.9 Å². The molecule has 4 nitrogen and oxygen atoms in total. The van der Waals surface area contributed by atoms with Crippen molar-refractivity contribution in [3.63, 3.8) is 0 Å². The van der Waals surface area contributed by atoms with Crippen LogP contribution < -0.4 is 5.73 Å². The summed E-state index contributed by atoms with van der Waals surface area (Å²) in [5, 5.41) is 4.11. The number of aryl methyl sites for hydroxylation is 1. The molecule has 0 bridgehead atoms. The molecular formula is C16H21N3O. The molecule has 2 unspecified atom stereocenters. The Morgan fingerprint density at radius 3 is 2.95 bits per heavy atom. The van der Waals surface area contributed by atoms with Crippen LogP contribution in [-0.4, -0.2) is 16.2 Å². The zero-order chi connectivity index (χ0) is 13.9. The minimum absolute atomic E-state index is 0.163. The molecule has 1 aliphatic carbocycles. The van der Waals surface area contributed by atoms with Crippen LogP contribution in [0.3, 0.4) is 0 Å². The molecule has 1 saturated carbocycles. The molecule has 2 atom stereocenters. The number of aromatic nitrogens is 2. The molecule has 1 aliphatic rings. The Morgan fingerprint density at radius 1 is 1.30 bits per heavy atom. The van der Waals surface area contributed by atoms with E-state index in [1.54, 1.807) is 0 Å². The molecule has 0 spiro atoms. The number of hydrogen-bond acceptors (Lipinski definition) is 4. The minimum atomic E-state index is 0.163. The Kier molecular flexibility index (Phi) is 3.83. The number of nitrogens with two attached hydrogens (primary N) is 1. The third-order valence-electron chi connectivity index (χ3n) is 4.07. The van der Waals surface area contributed by atoms with Gasteiger partial charge in [-0.15, -0.1) is 0 Å². The third-order valence-corrected chi connectivity index (χ3v) is 4.07. The van der Waals surface area contributed by atoms with E-state index in [1.165, 1.54) is 24.0 Å². The van der Waals surface area contributed by atoms with Gasteiger partial charge in [0.25, 0.3) is 0 Å². The molecule has 1 aromatic heterocycles. The Labute approximate surface area is 119 Å². The highest BCUT2D eigenvalue weighted by Gasteiger charge is 2.28. The molecule has 3 rings (SSSR count). The van der Waals surface area contributed by atoms with Crippen LogP contribution in [0.4, 0.5) is 0 Å². The fraction of sp³-hybridized carbons (Fsp3) is 0.500. The summed E-state index contributed by atoms with van der Waals surface area (Å²) in [6, 6.07) is 8.56. The first-order valence-electron chi connectivity index (χ1n) is 7.36. The fourth-order valence-electron chi connectivity index (χ4n) is 2.96. The first kappa shape index (κ1) is 13.3. The summed E-state index contributed by atoms with van der Waals surface area (Å²) >= 11 is 0. The van der Waals surface area contributed by atoms with Gasteiger partial charge in [0.1, 0.15) is 0 Å². The maximum atomic E-state index is 6.16. The molecule has 1 aromatic carbocycles. The Balaban J connectivity index is 1.73. The van der Waals surface area contributed by atoms with E-state index >= 15 is 0 Å². The molecule has 0 radical (unpaired) electrons. The normalized spacial score (nSPS) is 22.9. The van der Waals surface area contributed by atoms with Crippen LogP contribution in [0, 0.1) is 6.92 Å². The van der Waals surface area contributed by atoms with Gasteiger partial charge in [0, 0.05) is 12.5 Å². The van der Waals surface area contributed by atoms with Gasteiger partial charge < -0.3 is 10.3 Å². The van der Waals surface area contributed by atoms with E-state index in [2.05, 4.69) is 41.3 Å². The highest BCUT2D eigenvalue weighted by atomic mass is 16.5. The summed E-state index contributed by atoms with van der Waals surface area (Å²) in [6.07, 6.45) is 5.25. The lowest BCUT2D eigenvalue weighted by Gasteiger charge is -2.25. The zero-order valence-electron chi connectivity index (χ0n) is 11.9. The maximum Gasteiger partial charge on any atom is 0.231 e. The molecule has 0 aliphatic heterocycles. The lowest BCUT2D eigenvalue weighted by Crippen LogP contribution is -2.31. The van der Waals surface area contributed by atoms with E-state index < -0.39 is 0 Å². The summed E-state index contributed by atoms with van der Waals surface area (Å²) in [5.41, 5.74) is 8.63. The van der Waals surface area contributed by atoms with Gasteiger partial charge in [-0.2, -0.15) is 4.98 Å². The summed E-state index contributed by atoms with van der Waals surface area (Å²) in [6.45, 7) is 2.09. The highest BCUT2D eigenvalue weighted by molar-refractivity contribution is 5.24. The molecule has 1 fully saturated rings. The first-order valence-corrected chi connectivity index (χ1v) is 7.36. The van der Waals surface area contributed by atoms with Gasteiger partial charge in [-0.3, -0.25) is 0 Å². The summed E-state index contributed by atoms with van der Waals surface area (Å²) in [5.74, 6) is 1.71. The first-order chi connectivity index (χ1) is 9.72. The average molecular weight is 271 g/mol. The van der Waals surface area contributed by atoms with Crippen molar-refractivity contribution in [1.29, 1.82) is 0 Å². The molecular weight excluding hydrogens is 250 g/mol. The molecule has 20 heavy (non-hydrogen) atoms. The van der Waals surface area contributed by atoms with E-state index in [1.807, 2.05) is 0 Å². The van der Waals surface area contributed by atoms with Crippen LogP contribution in [0.25, 0.3) is 0 Å². The largest absolute Gasteiger partial charge is 0.339 e. The van der Waals surface area contributed by atoms with E-state index in [0.717, 1.165) is 24.6 Å². The monoisotopic (exact) mass is 271 g/mol. The van der Waals surface area contributed by atoms with E-state index in [9.17, 15) is 0 Å². The predicted octanol–water partition coefficient (Wildman–Crippen LogP) is 2.95. The van der Waals surface area contributed by atoms with Crippen molar-refractivity contribution in [3.8, 4) is 0 Å². The molecule has 4 heteroatoms. The van der Waals surface area contributed by atoms with Crippen molar-refractivity contribution >= 4 is 0 Å². The van der Waals surface area contributed by atoms with E-state index in [4.69, 9.17) is 10.3 Å². The smallest absolute Gasteiger partial charge is 0.231 e. The van der Waals surface area contributed by atoms with Gasteiger partial charge in [-0.25, -0.2) is 0 Å². The standard InChI is InChI=1S/C16H21N3O/c1-11-5-4-6-12(9-11)10-15-18-16(20-19-15)13-7-2-3-8-14(13)17/h4-6,9,13-14H,2-3,7-8,10,17H2,1H3. The molecule has 2 N–H and O–H groups in total. The molecule has 2 aromatic rings. The maximum absolute atomic E-state index is 6.16. The van der Waals surface area contributed by atoms with Crippen molar-refractivity contribution in [1.82, 2.24) is 10.1 Å². The summed E-state index contributed by atoms with van der Waals surface area (Å²) in [4.78, 5) is 4.55. The molecule has 106 valence electrons. The van der Waals surface area contributed by atoms with Crippen molar-refractivity contribution in [3.05, 3.63) is 47.1 Å². The number of hydrogen-bond donors (Lipinski definition) is 1. The molecule has 0 amide bonds. The quantitative estimate of drug-likeness (QED) is 0.932. The fourth-order valence-corrected chi connectivity index (χ4v) is 2.96. The second kappa shape index (κ2) is 5.75. The van der Waals surface area contributed by atoms with E-state index in [0.29, 0.717) is 6.42 Å². The minimum Gasteiger partial charge on any atom is -0.339 e. The summed E-state index contributed by atoms with van der Waals surface area (Å²) in [7, 11) is 0. The lowest BCUT2D eigenvalue weighted by atomic mass is 9.85. The zero-order valence-corrected chi connectivity index (χ0v) is 11.9. The second-order valence-electron chi connectivity index (χ2n) is 5.77. The molecule has 1 heterocycles. The average Bonchev–Trinajstić information content (AvgIpc) is 2.87. The van der Waals surface area contributed by atoms with Gasteiger partial charge >= 0.3 is 0 Å². The van der Waals surface area contributed by atoms with Crippen LogP contribution >= 0.6 is 0 Å². The van der Waals surface area contributed by atoms with Crippen LogP contribution in [0.2, 0.25) is 0 Å². The highest BCUT2D eigenvalue weighted by Crippen LogP contribution is 2.30. The third kappa shape index (κ3) is 2.90. The van der Waals surface area contributed by atoms with E-state index in [-0.39, 0.29) is 12.0 Å². The van der Waals surface area contributed by atoms with Gasteiger partial charge in [0.15, 0.2) is 5.82 Å². The number of benzene rings is 1. The van der Waals surface area contributed by atoms with Gasteiger partial charge in [0.2, 0.25) is 5.89 Å². The second-order valence-corrected chi connectivity index (χ2v) is 5.77. The Bertz CT molecular complexity index is 579. The number of nitrogens with zero attached hydrogens (tertiary/aromatic N) is 2. The van der Waals surface area contributed by atoms with Gasteiger partial charge in [-0.05, 0) is 25.3 Å². The predicted molar refractivity (Wildman–Crippen MR) is 77.5 cm³/mol. The SMILES string of the molecule is Cc1cccc(Cc2noc(C3CCCCC3N)n2)c1.